The molecular weight excluding hydrogens is 206 g/mol. The van der Waals surface area contributed by atoms with Crippen molar-refractivity contribution in [2.24, 2.45) is 0 Å². The molecule has 88 valence electrons. The first kappa shape index (κ1) is 12.7. The number of carboxylic acids is 1. The molecule has 1 aromatic rings. The first-order valence-corrected chi connectivity index (χ1v) is 5.13. The molecule has 0 saturated heterocycles. The largest absolute Gasteiger partial charge is 0.480 e. The number of aliphatic carboxylic acids is 1. The van der Waals surface area contributed by atoms with Crippen molar-refractivity contribution in [1.29, 1.82) is 0 Å². The predicted molar refractivity (Wildman–Crippen MR) is 60.9 cm³/mol. The van der Waals surface area contributed by atoms with Crippen LogP contribution in [-0.4, -0.2) is 21.7 Å². The van der Waals surface area contributed by atoms with Gasteiger partial charge in [-0.1, -0.05) is 24.3 Å². The Balaban J connectivity index is 2.58. The molecule has 0 aliphatic carbocycles. The van der Waals surface area contributed by atoms with E-state index in [1.807, 2.05) is 24.3 Å². The Bertz CT molecular complexity index is 357. The van der Waals surface area contributed by atoms with Gasteiger partial charge < -0.3 is 10.2 Å². The Hall–Kier alpha value is -1.39. The zero-order valence-corrected chi connectivity index (χ0v) is 9.53. The summed E-state index contributed by atoms with van der Waals surface area (Å²) in [7, 11) is 0. The van der Waals surface area contributed by atoms with Crippen LogP contribution in [0.1, 0.15) is 25.0 Å². The molecule has 16 heavy (non-hydrogen) atoms. The minimum atomic E-state index is -0.935. The lowest BCUT2D eigenvalue weighted by molar-refractivity contribution is -0.143. The fourth-order valence-corrected chi connectivity index (χ4v) is 1.16. The Kier molecular flexibility index (Phi) is 4.04. The quantitative estimate of drug-likeness (QED) is 0.700. The maximum atomic E-state index is 10.8. The molecule has 1 rings (SSSR count). The van der Waals surface area contributed by atoms with Gasteiger partial charge in [0.1, 0.15) is 5.54 Å². The fourth-order valence-electron chi connectivity index (χ4n) is 1.16. The molecule has 4 heteroatoms. The molecule has 0 bridgehead atoms. The molecule has 0 amide bonds. The second-order valence-corrected chi connectivity index (χ2v) is 4.26. The van der Waals surface area contributed by atoms with Crippen molar-refractivity contribution in [3.05, 3.63) is 35.4 Å². The zero-order chi connectivity index (χ0) is 12.2. The van der Waals surface area contributed by atoms with Crippen LogP contribution in [0.25, 0.3) is 0 Å². The van der Waals surface area contributed by atoms with Gasteiger partial charge >= 0.3 is 5.97 Å². The van der Waals surface area contributed by atoms with Gasteiger partial charge in [0.25, 0.3) is 0 Å². The van der Waals surface area contributed by atoms with Gasteiger partial charge in [-0.3, -0.25) is 10.1 Å². The summed E-state index contributed by atoms with van der Waals surface area (Å²) in [4.78, 5) is 10.8. The molecule has 0 aromatic heterocycles. The monoisotopic (exact) mass is 223 g/mol. The third-order valence-corrected chi connectivity index (χ3v) is 2.47. The van der Waals surface area contributed by atoms with E-state index in [-0.39, 0.29) is 6.61 Å². The van der Waals surface area contributed by atoms with E-state index in [4.69, 9.17) is 10.2 Å². The first-order valence-electron chi connectivity index (χ1n) is 5.13. The lowest BCUT2D eigenvalue weighted by Crippen LogP contribution is -2.46. The lowest BCUT2D eigenvalue weighted by Gasteiger charge is -2.21. The first-order chi connectivity index (χ1) is 7.45. The van der Waals surface area contributed by atoms with Crippen molar-refractivity contribution in [2.45, 2.75) is 32.5 Å². The summed E-state index contributed by atoms with van der Waals surface area (Å²) < 4.78 is 0. The molecule has 0 unspecified atom stereocenters. The van der Waals surface area contributed by atoms with Crippen LogP contribution < -0.4 is 5.32 Å². The highest BCUT2D eigenvalue weighted by atomic mass is 16.4. The number of nitrogens with one attached hydrogen (secondary N) is 1. The highest BCUT2D eigenvalue weighted by Gasteiger charge is 2.25. The van der Waals surface area contributed by atoms with Crippen molar-refractivity contribution in [3.63, 3.8) is 0 Å². The second-order valence-electron chi connectivity index (χ2n) is 4.26. The summed E-state index contributed by atoms with van der Waals surface area (Å²) in [6.07, 6.45) is 0. The van der Waals surface area contributed by atoms with Gasteiger partial charge in [0, 0.05) is 6.54 Å². The number of aliphatic hydroxyl groups excluding tert-OH is 1. The topological polar surface area (TPSA) is 69.6 Å². The third kappa shape index (κ3) is 3.32. The summed E-state index contributed by atoms with van der Waals surface area (Å²) >= 11 is 0. The molecule has 1 aromatic carbocycles. The molecule has 0 fully saturated rings. The smallest absolute Gasteiger partial charge is 0.323 e. The minimum absolute atomic E-state index is 0.0222. The van der Waals surface area contributed by atoms with Crippen LogP contribution in [-0.2, 0) is 17.9 Å². The average Bonchev–Trinajstić information content (AvgIpc) is 2.27. The number of rotatable bonds is 5. The van der Waals surface area contributed by atoms with Gasteiger partial charge in [-0.25, -0.2) is 0 Å². The second kappa shape index (κ2) is 5.09. The molecule has 3 N–H and O–H groups in total. The fraction of sp³-hybridized carbons (Fsp3) is 0.417. The van der Waals surface area contributed by atoms with Crippen LogP contribution in [0, 0.1) is 0 Å². The van der Waals surface area contributed by atoms with Crippen LogP contribution in [0.4, 0.5) is 0 Å². The summed E-state index contributed by atoms with van der Waals surface area (Å²) in [5, 5.41) is 20.7. The normalized spacial score (nSPS) is 11.4. The van der Waals surface area contributed by atoms with E-state index in [2.05, 4.69) is 5.32 Å². The minimum Gasteiger partial charge on any atom is -0.480 e. The number of hydrogen-bond donors (Lipinski definition) is 3. The van der Waals surface area contributed by atoms with Crippen LogP contribution >= 0.6 is 0 Å². The van der Waals surface area contributed by atoms with E-state index < -0.39 is 11.5 Å². The highest BCUT2D eigenvalue weighted by molar-refractivity contribution is 5.77. The van der Waals surface area contributed by atoms with Crippen molar-refractivity contribution >= 4 is 5.97 Å². The predicted octanol–water partition coefficient (Wildman–Crippen LogP) is 1.13. The Labute approximate surface area is 94.9 Å². The molecule has 0 atom stereocenters. The van der Waals surface area contributed by atoms with Crippen LogP contribution in [0.5, 0.6) is 0 Å². The number of aliphatic hydroxyl groups is 1. The zero-order valence-electron chi connectivity index (χ0n) is 9.53. The van der Waals surface area contributed by atoms with Gasteiger partial charge in [0.2, 0.25) is 0 Å². The van der Waals surface area contributed by atoms with Gasteiger partial charge in [-0.05, 0) is 25.0 Å². The maximum Gasteiger partial charge on any atom is 0.323 e. The van der Waals surface area contributed by atoms with Crippen molar-refractivity contribution in [1.82, 2.24) is 5.32 Å². The van der Waals surface area contributed by atoms with E-state index >= 15 is 0 Å². The van der Waals surface area contributed by atoms with Crippen molar-refractivity contribution in [3.8, 4) is 0 Å². The average molecular weight is 223 g/mol. The summed E-state index contributed by atoms with van der Waals surface area (Å²) in [5.41, 5.74) is 0.906. The standard InChI is InChI=1S/C12H17NO3/c1-12(2,11(15)16)13-7-9-3-5-10(8-14)6-4-9/h3-6,13-14H,7-8H2,1-2H3,(H,15,16). The van der Waals surface area contributed by atoms with E-state index in [0.29, 0.717) is 6.54 Å². The Morgan fingerprint density at radius 2 is 1.75 bits per heavy atom. The Morgan fingerprint density at radius 3 is 2.19 bits per heavy atom. The Morgan fingerprint density at radius 1 is 1.25 bits per heavy atom. The lowest BCUT2D eigenvalue weighted by atomic mass is 10.1. The summed E-state index contributed by atoms with van der Waals surface area (Å²) in [5.74, 6) is -0.875. The number of carbonyl (C=O) groups is 1. The molecule has 0 heterocycles. The van der Waals surface area contributed by atoms with E-state index in [0.717, 1.165) is 11.1 Å². The SMILES string of the molecule is CC(C)(NCc1ccc(CO)cc1)C(=O)O. The highest BCUT2D eigenvalue weighted by Crippen LogP contribution is 2.07. The molecule has 0 spiro atoms. The van der Waals surface area contributed by atoms with E-state index in [1.165, 1.54) is 0 Å². The molecule has 0 saturated carbocycles. The number of hydrogen-bond acceptors (Lipinski definition) is 3. The van der Waals surface area contributed by atoms with Crippen LogP contribution in [0.3, 0.4) is 0 Å². The maximum absolute atomic E-state index is 10.8. The molecule has 0 aliphatic rings. The van der Waals surface area contributed by atoms with Gasteiger partial charge in [-0.15, -0.1) is 0 Å². The molecule has 0 radical (unpaired) electrons. The number of carboxylic acid groups (broad SMARTS) is 1. The van der Waals surface area contributed by atoms with Gasteiger partial charge in [-0.2, -0.15) is 0 Å². The third-order valence-electron chi connectivity index (χ3n) is 2.47. The number of benzene rings is 1. The van der Waals surface area contributed by atoms with E-state index in [1.54, 1.807) is 13.8 Å². The van der Waals surface area contributed by atoms with Crippen LogP contribution in [0.2, 0.25) is 0 Å². The van der Waals surface area contributed by atoms with Crippen molar-refractivity contribution in [2.75, 3.05) is 0 Å². The van der Waals surface area contributed by atoms with Gasteiger partial charge in [0.05, 0.1) is 6.61 Å². The summed E-state index contributed by atoms with van der Waals surface area (Å²) in [6, 6.07) is 7.39. The molecular formula is C12H17NO3. The van der Waals surface area contributed by atoms with Crippen molar-refractivity contribution < 1.29 is 15.0 Å². The van der Waals surface area contributed by atoms with Gasteiger partial charge in [0.15, 0.2) is 0 Å². The van der Waals surface area contributed by atoms with E-state index in [9.17, 15) is 4.79 Å². The molecule has 0 aliphatic heterocycles. The summed E-state index contributed by atoms with van der Waals surface area (Å²) in [6.45, 7) is 3.76. The molecule has 4 nitrogen and oxygen atoms in total. The van der Waals surface area contributed by atoms with Crippen LogP contribution in [0.15, 0.2) is 24.3 Å².